The van der Waals surface area contributed by atoms with Gasteiger partial charge in [-0.3, -0.25) is 5.41 Å². The summed E-state index contributed by atoms with van der Waals surface area (Å²) < 4.78 is 14.8. The van der Waals surface area contributed by atoms with Gasteiger partial charge in [-0.25, -0.2) is 13.3 Å². The average Bonchev–Trinajstić information content (AvgIpc) is 2.95. The van der Waals surface area contributed by atoms with Crippen LogP contribution in [0.4, 0.5) is 15.8 Å². The molecule has 0 unspecified atom stereocenters. The maximum Gasteiger partial charge on any atom is 0.223 e. The van der Waals surface area contributed by atoms with Crippen molar-refractivity contribution in [3.05, 3.63) is 76.3 Å². The van der Waals surface area contributed by atoms with Crippen LogP contribution >= 0.6 is 11.5 Å². The van der Waals surface area contributed by atoms with Gasteiger partial charge >= 0.3 is 0 Å². The zero-order chi connectivity index (χ0) is 17.8. The second kappa shape index (κ2) is 7.11. The molecule has 1 aromatic heterocycles. The standard InChI is InChI=1S/C18H14FN5S/c1-12-10-17(21)24(25-12)18(23-16-8-4-14(19)5-9-16)22-15-6-2-13(11-20)3-7-15/h2-10,21H,1H3,(H,22,23). The average molecular weight is 351 g/mol. The molecule has 25 heavy (non-hydrogen) atoms. The van der Waals surface area contributed by atoms with Crippen molar-refractivity contribution in [3.63, 3.8) is 0 Å². The third kappa shape index (κ3) is 4.00. The third-order valence-corrected chi connectivity index (χ3v) is 4.28. The molecule has 5 nitrogen and oxygen atoms in total. The molecule has 0 saturated heterocycles. The minimum atomic E-state index is -0.332. The van der Waals surface area contributed by atoms with Crippen LogP contribution in [0.25, 0.3) is 0 Å². The summed E-state index contributed by atoms with van der Waals surface area (Å²) in [7, 11) is 0. The summed E-state index contributed by atoms with van der Waals surface area (Å²) in [6.45, 7) is 1.91. The van der Waals surface area contributed by atoms with E-state index in [0.717, 1.165) is 10.6 Å². The van der Waals surface area contributed by atoms with E-state index in [1.807, 2.05) is 6.92 Å². The molecule has 0 atom stereocenters. The van der Waals surface area contributed by atoms with Gasteiger partial charge in [-0.15, -0.1) is 0 Å². The van der Waals surface area contributed by atoms with Crippen molar-refractivity contribution in [3.8, 4) is 6.07 Å². The lowest BCUT2D eigenvalue weighted by molar-refractivity contribution is 0.628. The molecular weight excluding hydrogens is 337 g/mol. The molecule has 2 N–H and O–H groups in total. The van der Waals surface area contributed by atoms with Crippen LogP contribution in [0.2, 0.25) is 0 Å². The minimum absolute atomic E-state index is 0.296. The summed E-state index contributed by atoms with van der Waals surface area (Å²) in [5.74, 6) is 0.0979. The SMILES string of the molecule is Cc1cc(=N)n(C(=Nc2ccc(F)cc2)Nc2ccc(C#N)cc2)s1. The first kappa shape index (κ1) is 16.6. The lowest BCUT2D eigenvalue weighted by Crippen LogP contribution is -2.28. The fourth-order valence-electron chi connectivity index (χ4n) is 2.15. The molecule has 0 bridgehead atoms. The molecule has 0 amide bonds. The van der Waals surface area contributed by atoms with Crippen molar-refractivity contribution in [2.75, 3.05) is 5.32 Å². The van der Waals surface area contributed by atoms with E-state index in [0.29, 0.717) is 22.7 Å². The minimum Gasteiger partial charge on any atom is -0.325 e. The lowest BCUT2D eigenvalue weighted by Gasteiger charge is -2.10. The summed E-state index contributed by atoms with van der Waals surface area (Å²) in [5, 5.41) is 20.2. The second-order valence-corrected chi connectivity index (χ2v) is 6.44. The molecule has 0 saturated carbocycles. The number of nitrogens with zero attached hydrogens (tertiary/aromatic N) is 3. The predicted octanol–water partition coefficient (Wildman–Crippen LogP) is 4.00. The summed E-state index contributed by atoms with van der Waals surface area (Å²) >= 11 is 1.38. The van der Waals surface area contributed by atoms with Crippen LogP contribution in [0, 0.1) is 29.5 Å². The molecule has 1 heterocycles. The fraction of sp³-hybridized carbons (Fsp3) is 0.0556. The molecular formula is C18H14FN5S. The van der Waals surface area contributed by atoms with Crippen LogP contribution in [-0.4, -0.2) is 9.92 Å². The van der Waals surface area contributed by atoms with Crippen LogP contribution in [0.15, 0.2) is 59.6 Å². The number of aryl methyl sites for hydroxylation is 1. The van der Waals surface area contributed by atoms with E-state index in [9.17, 15) is 4.39 Å². The predicted molar refractivity (Wildman–Crippen MR) is 96.6 cm³/mol. The molecule has 0 fully saturated rings. The fourth-order valence-corrected chi connectivity index (χ4v) is 2.92. The van der Waals surface area contributed by atoms with Gasteiger partial charge in [0, 0.05) is 10.6 Å². The largest absolute Gasteiger partial charge is 0.325 e. The van der Waals surface area contributed by atoms with Gasteiger partial charge in [0.1, 0.15) is 11.3 Å². The van der Waals surface area contributed by atoms with E-state index >= 15 is 0 Å². The first-order chi connectivity index (χ1) is 12.0. The molecule has 2 aromatic carbocycles. The highest BCUT2D eigenvalue weighted by Gasteiger charge is 2.08. The highest BCUT2D eigenvalue weighted by molar-refractivity contribution is 7.07. The van der Waals surface area contributed by atoms with Crippen molar-refractivity contribution in [1.82, 2.24) is 3.96 Å². The Balaban J connectivity index is 2.02. The molecule has 7 heteroatoms. The van der Waals surface area contributed by atoms with Crippen molar-refractivity contribution in [2.45, 2.75) is 6.92 Å². The number of nitriles is 1. The highest BCUT2D eigenvalue weighted by atomic mass is 32.1. The van der Waals surface area contributed by atoms with Crippen molar-refractivity contribution in [1.29, 1.82) is 10.7 Å². The summed E-state index contributed by atoms with van der Waals surface area (Å²) in [6, 6.07) is 16.6. The number of aromatic nitrogens is 1. The Labute approximate surface area is 148 Å². The third-order valence-electron chi connectivity index (χ3n) is 3.32. The van der Waals surface area contributed by atoms with Gasteiger partial charge < -0.3 is 5.32 Å². The normalized spacial score (nSPS) is 11.2. The molecule has 0 spiro atoms. The monoisotopic (exact) mass is 351 g/mol. The number of halogens is 1. The number of rotatable bonds is 2. The van der Waals surface area contributed by atoms with E-state index < -0.39 is 0 Å². The Hall–Kier alpha value is -3.24. The number of hydrogen-bond donors (Lipinski definition) is 2. The Bertz CT molecular complexity index is 1010. The van der Waals surface area contributed by atoms with E-state index in [1.165, 1.54) is 23.7 Å². The van der Waals surface area contributed by atoms with Gasteiger partial charge in [0.05, 0.1) is 17.3 Å². The molecule has 0 aliphatic heterocycles. The summed E-state index contributed by atoms with van der Waals surface area (Å²) in [6.07, 6.45) is 0. The lowest BCUT2D eigenvalue weighted by atomic mass is 10.2. The van der Waals surface area contributed by atoms with Crippen LogP contribution in [0.3, 0.4) is 0 Å². The van der Waals surface area contributed by atoms with Crippen molar-refractivity contribution in [2.24, 2.45) is 4.99 Å². The van der Waals surface area contributed by atoms with Gasteiger partial charge in [0.2, 0.25) is 5.96 Å². The van der Waals surface area contributed by atoms with Gasteiger partial charge in [0.25, 0.3) is 0 Å². The Morgan fingerprint density at radius 1 is 1.20 bits per heavy atom. The molecule has 0 radical (unpaired) electrons. The summed E-state index contributed by atoms with van der Waals surface area (Å²) in [5.41, 5.74) is 2.15. The number of hydrogen-bond acceptors (Lipinski definition) is 4. The zero-order valence-corrected chi connectivity index (χ0v) is 14.1. The first-order valence-electron chi connectivity index (χ1n) is 7.41. The molecule has 124 valence electrons. The summed E-state index contributed by atoms with van der Waals surface area (Å²) in [4.78, 5) is 5.48. The Morgan fingerprint density at radius 3 is 2.44 bits per heavy atom. The molecule has 3 aromatic rings. The smallest absolute Gasteiger partial charge is 0.223 e. The van der Waals surface area contributed by atoms with Crippen LogP contribution in [0.1, 0.15) is 10.4 Å². The Kier molecular flexibility index (Phi) is 4.73. The Morgan fingerprint density at radius 2 is 1.88 bits per heavy atom. The van der Waals surface area contributed by atoms with Gasteiger partial charge in [-0.2, -0.15) is 5.26 Å². The van der Waals surface area contributed by atoms with Gasteiger partial charge in [-0.05, 0) is 61.5 Å². The topological polar surface area (TPSA) is 77.0 Å². The van der Waals surface area contributed by atoms with Crippen LogP contribution in [-0.2, 0) is 0 Å². The van der Waals surface area contributed by atoms with Gasteiger partial charge in [-0.1, -0.05) is 11.5 Å². The van der Waals surface area contributed by atoms with Crippen LogP contribution < -0.4 is 10.8 Å². The number of anilines is 1. The van der Waals surface area contributed by atoms with Crippen molar-refractivity contribution >= 4 is 28.9 Å². The van der Waals surface area contributed by atoms with Crippen LogP contribution in [0.5, 0.6) is 0 Å². The maximum atomic E-state index is 13.1. The quantitative estimate of drug-likeness (QED) is 0.541. The van der Waals surface area contributed by atoms with Gasteiger partial charge in [0.15, 0.2) is 0 Å². The van der Waals surface area contributed by atoms with E-state index in [1.54, 1.807) is 46.4 Å². The highest BCUT2D eigenvalue weighted by Crippen LogP contribution is 2.16. The number of aliphatic imine (C=N–C) groups is 1. The van der Waals surface area contributed by atoms with E-state index in [-0.39, 0.29) is 5.82 Å². The number of benzene rings is 2. The first-order valence-corrected chi connectivity index (χ1v) is 8.19. The molecule has 0 aliphatic rings. The van der Waals surface area contributed by atoms with E-state index in [2.05, 4.69) is 16.4 Å². The van der Waals surface area contributed by atoms with E-state index in [4.69, 9.17) is 10.7 Å². The van der Waals surface area contributed by atoms with Crippen molar-refractivity contribution < 1.29 is 4.39 Å². The zero-order valence-electron chi connectivity index (χ0n) is 13.3. The number of nitrogens with one attached hydrogen (secondary N) is 2. The molecule has 3 rings (SSSR count). The second-order valence-electron chi connectivity index (χ2n) is 5.25. The maximum absolute atomic E-state index is 13.1. The molecule has 0 aliphatic carbocycles.